The van der Waals surface area contributed by atoms with E-state index in [-0.39, 0.29) is 0 Å². The van der Waals surface area contributed by atoms with Crippen molar-refractivity contribution in [1.82, 2.24) is 10.3 Å². The summed E-state index contributed by atoms with van der Waals surface area (Å²) in [5.41, 5.74) is 1.70. The SMILES string of the molecule is CNCC1CCN(c2cnccc2C#N)C1. The molecule has 1 unspecified atom stereocenters. The van der Waals surface area contributed by atoms with Gasteiger partial charge in [0.05, 0.1) is 17.4 Å². The molecule has 4 nitrogen and oxygen atoms in total. The number of hydrogen-bond donors (Lipinski definition) is 1. The van der Waals surface area contributed by atoms with Gasteiger partial charge in [-0.05, 0) is 32.0 Å². The van der Waals surface area contributed by atoms with Crippen LogP contribution in [0.15, 0.2) is 18.5 Å². The Labute approximate surface area is 95.9 Å². The molecule has 1 fully saturated rings. The minimum Gasteiger partial charge on any atom is -0.369 e. The third kappa shape index (κ3) is 2.15. The number of nitrogens with zero attached hydrogens (tertiary/aromatic N) is 3. The summed E-state index contributed by atoms with van der Waals surface area (Å²) in [6.07, 6.45) is 4.64. The standard InChI is InChI=1S/C12H16N4/c1-14-7-10-3-5-16(9-10)12-8-15-4-2-11(12)6-13/h2,4,8,10,14H,3,5,7,9H2,1H3. The van der Waals surface area contributed by atoms with Gasteiger partial charge in [-0.3, -0.25) is 4.98 Å². The topological polar surface area (TPSA) is 52.0 Å². The molecule has 0 aromatic carbocycles. The Hall–Kier alpha value is -1.60. The predicted molar refractivity (Wildman–Crippen MR) is 63.2 cm³/mol. The van der Waals surface area contributed by atoms with E-state index in [9.17, 15) is 0 Å². The van der Waals surface area contributed by atoms with Crippen LogP contribution in [0.3, 0.4) is 0 Å². The zero-order valence-electron chi connectivity index (χ0n) is 9.48. The van der Waals surface area contributed by atoms with Gasteiger partial charge >= 0.3 is 0 Å². The average Bonchev–Trinajstić information content (AvgIpc) is 2.78. The second-order valence-electron chi connectivity index (χ2n) is 4.16. The van der Waals surface area contributed by atoms with Gasteiger partial charge in [-0.15, -0.1) is 0 Å². The number of hydrogen-bond acceptors (Lipinski definition) is 4. The largest absolute Gasteiger partial charge is 0.369 e. The van der Waals surface area contributed by atoms with Gasteiger partial charge in [0.15, 0.2) is 0 Å². The van der Waals surface area contributed by atoms with Crippen LogP contribution in [0.4, 0.5) is 5.69 Å². The molecule has 0 aliphatic carbocycles. The van der Waals surface area contributed by atoms with Gasteiger partial charge in [-0.2, -0.15) is 5.26 Å². The summed E-state index contributed by atoms with van der Waals surface area (Å²) in [7, 11) is 1.98. The normalized spacial score (nSPS) is 19.8. The molecule has 0 saturated carbocycles. The van der Waals surface area contributed by atoms with Crippen molar-refractivity contribution in [2.75, 3.05) is 31.6 Å². The van der Waals surface area contributed by atoms with Gasteiger partial charge < -0.3 is 10.2 Å². The maximum absolute atomic E-state index is 9.03. The van der Waals surface area contributed by atoms with Crippen LogP contribution in [0.2, 0.25) is 0 Å². The van der Waals surface area contributed by atoms with Crippen LogP contribution in [-0.2, 0) is 0 Å². The number of nitriles is 1. The van der Waals surface area contributed by atoms with Crippen LogP contribution in [-0.4, -0.2) is 31.7 Å². The van der Waals surface area contributed by atoms with Crippen molar-refractivity contribution in [1.29, 1.82) is 5.26 Å². The van der Waals surface area contributed by atoms with Gasteiger partial charge in [-0.1, -0.05) is 0 Å². The van der Waals surface area contributed by atoms with Gasteiger partial charge in [0, 0.05) is 19.3 Å². The zero-order valence-corrected chi connectivity index (χ0v) is 9.48. The summed E-state index contributed by atoms with van der Waals surface area (Å²) < 4.78 is 0. The van der Waals surface area contributed by atoms with Crippen molar-refractivity contribution in [2.24, 2.45) is 5.92 Å². The summed E-state index contributed by atoms with van der Waals surface area (Å²) in [6, 6.07) is 4.00. The molecule has 0 bridgehead atoms. The van der Waals surface area contributed by atoms with Crippen LogP contribution in [0.5, 0.6) is 0 Å². The molecule has 0 spiro atoms. The highest BCUT2D eigenvalue weighted by molar-refractivity contribution is 5.58. The molecular weight excluding hydrogens is 200 g/mol. The van der Waals surface area contributed by atoms with Crippen LogP contribution < -0.4 is 10.2 Å². The highest BCUT2D eigenvalue weighted by Crippen LogP contribution is 2.25. The fourth-order valence-corrected chi connectivity index (χ4v) is 2.24. The molecule has 1 aliphatic heterocycles. The van der Waals surface area contributed by atoms with E-state index in [0.29, 0.717) is 5.92 Å². The van der Waals surface area contributed by atoms with Crippen LogP contribution >= 0.6 is 0 Å². The molecule has 16 heavy (non-hydrogen) atoms. The van der Waals surface area contributed by atoms with Crippen molar-refractivity contribution in [2.45, 2.75) is 6.42 Å². The minimum atomic E-state index is 0.678. The van der Waals surface area contributed by atoms with Crippen molar-refractivity contribution in [3.05, 3.63) is 24.0 Å². The van der Waals surface area contributed by atoms with Gasteiger partial charge in [0.25, 0.3) is 0 Å². The summed E-state index contributed by atoms with van der Waals surface area (Å²) in [4.78, 5) is 6.36. The molecule has 1 aromatic rings. The number of pyridine rings is 1. The molecule has 1 saturated heterocycles. The average molecular weight is 216 g/mol. The second-order valence-corrected chi connectivity index (χ2v) is 4.16. The maximum Gasteiger partial charge on any atom is 0.101 e. The highest BCUT2D eigenvalue weighted by Gasteiger charge is 2.23. The Bertz CT molecular complexity index is 396. The lowest BCUT2D eigenvalue weighted by Gasteiger charge is -2.19. The molecule has 84 valence electrons. The molecule has 1 aromatic heterocycles. The van der Waals surface area contributed by atoms with E-state index in [1.165, 1.54) is 6.42 Å². The van der Waals surface area contributed by atoms with E-state index in [1.54, 1.807) is 18.5 Å². The fourth-order valence-electron chi connectivity index (χ4n) is 2.24. The number of aromatic nitrogens is 1. The molecule has 0 radical (unpaired) electrons. The molecule has 2 heterocycles. The molecule has 1 N–H and O–H groups in total. The maximum atomic E-state index is 9.03. The van der Waals surface area contributed by atoms with Crippen LogP contribution in [0.1, 0.15) is 12.0 Å². The highest BCUT2D eigenvalue weighted by atomic mass is 15.2. The lowest BCUT2D eigenvalue weighted by molar-refractivity contribution is 0.549. The van der Waals surface area contributed by atoms with Crippen molar-refractivity contribution >= 4 is 5.69 Å². The van der Waals surface area contributed by atoms with Gasteiger partial charge in [0.1, 0.15) is 6.07 Å². The number of nitrogens with one attached hydrogen (secondary N) is 1. The smallest absolute Gasteiger partial charge is 0.101 e. The first-order valence-electron chi connectivity index (χ1n) is 5.59. The third-order valence-electron chi connectivity index (χ3n) is 3.04. The minimum absolute atomic E-state index is 0.678. The van der Waals surface area contributed by atoms with Crippen LogP contribution in [0.25, 0.3) is 0 Å². The Morgan fingerprint density at radius 3 is 3.31 bits per heavy atom. The van der Waals surface area contributed by atoms with E-state index in [2.05, 4.69) is 21.3 Å². The molecule has 1 aliphatic rings. The van der Waals surface area contributed by atoms with E-state index >= 15 is 0 Å². The lowest BCUT2D eigenvalue weighted by atomic mass is 10.1. The number of rotatable bonds is 3. The van der Waals surface area contributed by atoms with Crippen LogP contribution in [0, 0.1) is 17.2 Å². The predicted octanol–water partition coefficient (Wildman–Crippen LogP) is 0.999. The first kappa shape index (κ1) is 10.9. The fraction of sp³-hybridized carbons (Fsp3) is 0.500. The molecule has 0 amide bonds. The zero-order chi connectivity index (χ0) is 11.4. The van der Waals surface area contributed by atoms with E-state index in [1.807, 2.05) is 7.05 Å². The summed E-state index contributed by atoms with van der Waals surface area (Å²) >= 11 is 0. The van der Waals surface area contributed by atoms with Gasteiger partial charge in [-0.25, -0.2) is 0 Å². The lowest BCUT2D eigenvalue weighted by Crippen LogP contribution is -2.24. The summed E-state index contributed by atoms with van der Waals surface area (Å²) in [5, 5.41) is 12.2. The van der Waals surface area contributed by atoms with E-state index < -0.39 is 0 Å². The van der Waals surface area contributed by atoms with Gasteiger partial charge in [0.2, 0.25) is 0 Å². The Balaban J connectivity index is 2.12. The van der Waals surface area contributed by atoms with Crippen molar-refractivity contribution in [3.8, 4) is 6.07 Å². The molecule has 4 heteroatoms. The van der Waals surface area contributed by atoms with Crippen molar-refractivity contribution < 1.29 is 0 Å². The Kier molecular flexibility index (Phi) is 3.37. The quantitative estimate of drug-likeness (QED) is 0.819. The second kappa shape index (κ2) is 4.95. The Morgan fingerprint density at radius 1 is 1.69 bits per heavy atom. The first-order chi connectivity index (χ1) is 7.85. The van der Waals surface area contributed by atoms with E-state index in [0.717, 1.165) is 30.9 Å². The molecule has 2 rings (SSSR count). The summed E-state index contributed by atoms with van der Waals surface area (Å²) in [5.74, 6) is 0.678. The number of anilines is 1. The monoisotopic (exact) mass is 216 g/mol. The Morgan fingerprint density at radius 2 is 2.56 bits per heavy atom. The summed E-state index contributed by atoms with van der Waals surface area (Å²) in [6.45, 7) is 3.08. The van der Waals surface area contributed by atoms with Crippen molar-refractivity contribution in [3.63, 3.8) is 0 Å². The third-order valence-corrected chi connectivity index (χ3v) is 3.04. The first-order valence-corrected chi connectivity index (χ1v) is 5.59. The van der Waals surface area contributed by atoms with E-state index in [4.69, 9.17) is 5.26 Å². The molecular formula is C12H16N4. The molecule has 1 atom stereocenters.